The highest BCUT2D eigenvalue weighted by atomic mass is 35.5. The molecule has 9 heteroatoms. The highest BCUT2D eigenvalue weighted by Gasteiger charge is 2.21. The number of benzene rings is 1. The Bertz CT molecular complexity index is 1330. The van der Waals surface area contributed by atoms with Gasteiger partial charge in [0.1, 0.15) is 22.4 Å². The molecule has 1 aromatic carbocycles. The number of hydrogen-bond donors (Lipinski definition) is 1. The first-order chi connectivity index (χ1) is 15.9. The van der Waals surface area contributed by atoms with E-state index in [1.54, 1.807) is 25.3 Å². The minimum atomic E-state index is -0.571. The number of pyridine rings is 1. The number of ether oxygens (including phenoxy) is 2. The van der Waals surface area contributed by atoms with Crippen LogP contribution in [0.15, 0.2) is 54.9 Å². The van der Waals surface area contributed by atoms with Gasteiger partial charge in [-0.3, -0.25) is 14.0 Å². The highest BCUT2D eigenvalue weighted by Crippen LogP contribution is 2.39. The number of halogens is 1. The van der Waals surface area contributed by atoms with Crippen LogP contribution >= 0.6 is 22.9 Å². The van der Waals surface area contributed by atoms with Crippen molar-refractivity contribution in [2.24, 2.45) is 5.73 Å². The van der Waals surface area contributed by atoms with Crippen molar-refractivity contribution in [1.29, 1.82) is 0 Å². The second-order valence-corrected chi connectivity index (χ2v) is 8.80. The van der Waals surface area contributed by atoms with Gasteiger partial charge in [0.25, 0.3) is 5.91 Å². The second-order valence-electron chi connectivity index (χ2n) is 7.34. The topological polar surface area (TPSA) is 95.9 Å². The lowest BCUT2D eigenvalue weighted by Crippen LogP contribution is -2.12. The maximum atomic E-state index is 12.1. The third-order valence-corrected chi connectivity index (χ3v) is 6.55. The molecule has 0 fully saturated rings. The van der Waals surface area contributed by atoms with Crippen molar-refractivity contribution in [3.05, 3.63) is 75.9 Å². The molecule has 0 spiro atoms. The summed E-state index contributed by atoms with van der Waals surface area (Å²) in [6.07, 6.45) is 3.34. The van der Waals surface area contributed by atoms with Crippen LogP contribution in [0.5, 0.6) is 5.75 Å². The summed E-state index contributed by atoms with van der Waals surface area (Å²) in [6, 6.07) is 12.9. The number of carbonyl (C=O) groups is 2. The minimum absolute atomic E-state index is 0.176. The van der Waals surface area contributed by atoms with Crippen LogP contribution in [0.3, 0.4) is 0 Å². The first-order valence-electron chi connectivity index (χ1n) is 10.3. The van der Waals surface area contributed by atoms with Crippen LogP contribution in [0.1, 0.15) is 40.8 Å². The molecule has 4 aromatic rings. The largest absolute Gasteiger partial charge is 0.484 e. The number of hydrogen-bond acceptors (Lipinski definition) is 6. The van der Waals surface area contributed by atoms with Crippen molar-refractivity contribution in [1.82, 2.24) is 9.38 Å². The van der Waals surface area contributed by atoms with E-state index in [4.69, 9.17) is 26.8 Å². The summed E-state index contributed by atoms with van der Waals surface area (Å²) in [4.78, 5) is 29.4. The summed E-state index contributed by atoms with van der Waals surface area (Å²) < 4.78 is 13.0. The zero-order chi connectivity index (χ0) is 23.5. The van der Waals surface area contributed by atoms with E-state index in [-0.39, 0.29) is 18.5 Å². The lowest BCUT2D eigenvalue weighted by molar-refractivity contribution is -0.142. The van der Waals surface area contributed by atoms with E-state index in [0.717, 1.165) is 21.7 Å². The smallest absolute Gasteiger partial charge is 0.310 e. The van der Waals surface area contributed by atoms with Gasteiger partial charge >= 0.3 is 5.97 Å². The van der Waals surface area contributed by atoms with Crippen LogP contribution in [-0.4, -0.2) is 27.9 Å². The fraction of sp³-hybridized carbons (Fsp3) is 0.208. The van der Waals surface area contributed by atoms with Gasteiger partial charge in [-0.1, -0.05) is 29.8 Å². The minimum Gasteiger partial charge on any atom is -0.484 e. The molecule has 0 saturated heterocycles. The maximum Gasteiger partial charge on any atom is 0.310 e. The lowest BCUT2D eigenvalue weighted by Gasteiger charge is -2.16. The first kappa shape index (κ1) is 22.8. The number of primary amides is 1. The molecule has 1 amide bonds. The summed E-state index contributed by atoms with van der Waals surface area (Å²) in [5, 5.41) is 0.585. The number of nitrogens with zero attached hydrogens (tertiary/aromatic N) is 2. The zero-order valence-electron chi connectivity index (χ0n) is 18.1. The quantitative estimate of drug-likeness (QED) is 0.353. The number of thiophene rings is 1. The summed E-state index contributed by atoms with van der Waals surface area (Å²) >= 11 is 7.53. The molecule has 0 aliphatic heterocycles. The average Bonchev–Trinajstić information content (AvgIpc) is 3.38. The molecule has 170 valence electrons. The molecule has 0 saturated carbocycles. The number of imidazole rings is 1. The van der Waals surface area contributed by atoms with E-state index >= 15 is 0 Å². The van der Waals surface area contributed by atoms with E-state index in [1.807, 2.05) is 47.9 Å². The van der Waals surface area contributed by atoms with E-state index < -0.39 is 5.91 Å². The molecule has 3 aromatic heterocycles. The molecule has 0 radical (unpaired) electrons. The fourth-order valence-electron chi connectivity index (χ4n) is 3.51. The standard InChI is InChI=1S/C24H22ClN3O4S/c1-3-31-22(29)11-15-8-9-28-18(13-27-21(28)10-15)20-12-19(23(33-20)24(26)30)32-14(2)16-6-4-5-7-17(16)25/h4-10,12-14H,3,11H2,1-2H3,(H2,26,30). The summed E-state index contributed by atoms with van der Waals surface area (Å²) in [7, 11) is 0. The summed E-state index contributed by atoms with van der Waals surface area (Å²) in [5.74, 6) is -0.464. The van der Waals surface area contributed by atoms with Crippen LogP contribution < -0.4 is 10.5 Å². The Kier molecular flexibility index (Phi) is 6.67. The average molecular weight is 484 g/mol. The normalized spacial score (nSPS) is 12.0. The van der Waals surface area contributed by atoms with Crippen molar-refractivity contribution in [3.8, 4) is 16.3 Å². The molecule has 0 bridgehead atoms. The van der Waals surface area contributed by atoms with Crippen molar-refractivity contribution >= 4 is 40.5 Å². The van der Waals surface area contributed by atoms with Crippen molar-refractivity contribution in [3.63, 3.8) is 0 Å². The predicted molar refractivity (Wildman–Crippen MR) is 128 cm³/mol. The Morgan fingerprint density at radius 2 is 2.03 bits per heavy atom. The number of carbonyl (C=O) groups excluding carboxylic acids is 2. The summed E-state index contributed by atoms with van der Waals surface area (Å²) in [6.45, 7) is 3.98. The van der Waals surface area contributed by atoms with Crippen molar-refractivity contribution < 1.29 is 19.1 Å². The SMILES string of the molecule is CCOC(=O)Cc1ccn2c(-c3cc(OC(C)c4ccccc4Cl)c(C(N)=O)s3)cnc2c1. The third-order valence-electron chi connectivity index (χ3n) is 5.05. The number of nitrogens with two attached hydrogens (primary N) is 1. The van der Waals surface area contributed by atoms with E-state index in [9.17, 15) is 9.59 Å². The van der Waals surface area contributed by atoms with Crippen LogP contribution in [0, 0.1) is 0 Å². The summed E-state index contributed by atoms with van der Waals surface area (Å²) in [5.41, 5.74) is 8.70. The third kappa shape index (κ3) is 4.86. The molecular formula is C24H22ClN3O4S. The van der Waals surface area contributed by atoms with Crippen molar-refractivity contribution in [2.75, 3.05) is 6.61 Å². The Hall–Kier alpha value is -3.36. The number of rotatable bonds is 8. The Balaban J connectivity index is 1.65. The number of esters is 1. The molecule has 0 aliphatic rings. The van der Waals surface area contributed by atoms with Gasteiger partial charge in [-0.05, 0) is 37.6 Å². The van der Waals surface area contributed by atoms with Gasteiger partial charge in [-0.2, -0.15) is 0 Å². The van der Waals surface area contributed by atoms with Gasteiger partial charge in [0.2, 0.25) is 0 Å². The van der Waals surface area contributed by atoms with E-state index in [2.05, 4.69) is 4.98 Å². The van der Waals surface area contributed by atoms with E-state index in [1.165, 1.54) is 11.3 Å². The lowest BCUT2D eigenvalue weighted by atomic mass is 10.1. The molecule has 4 rings (SSSR count). The number of aromatic nitrogens is 2. The zero-order valence-corrected chi connectivity index (χ0v) is 19.7. The Morgan fingerprint density at radius 1 is 1.24 bits per heavy atom. The van der Waals surface area contributed by atoms with Gasteiger partial charge in [-0.15, -0.1) is 11.3 Å². The Labute approximate surface area is 199 Å². The molecule has 33 heavy (non-hydrogen) atoms. The monoisotopic (exact) mass is 483 g/mol. The van der Waals surface area contributed by atoms with Crippen LogP contribution in [0.25, 0.3) is 16.2 Å². The van der Waals surface area contributed by atoms with Gasteiger partial charge in [0, 0.05) is 22.8 Å². The van der Waals surface area contributed by atoms with Crippen molar-refractivity contribution in [2.45, 2.75) is 26.4 Å². The molecule has 0 aliphatic carbocycles. The maximum absolute atomic E-state index is 12.1. The van der Waals surface area contributed by atoms with Gasteiger partial charge < -0.3 is 15.2 Å². The highest BCUT2D eigenvalue weighted by molar-refractivity contribution is 7.17. The Morgan fingerprint density at radius 3 is 2.76 bits per heavy atom. The molecule has 7 nitrogen and oxygen atoms in total. The molecular weight excluding hydrogens is 462 g/mol. The molecule has 1 atom stereocenters. The van der Waals surface area contributed by atoms with Crippen LogP contribution in [-0.2, 0) is 16.0 Å². The molecule has 3 heterocycles. The van der Waals surface area contributed by atoms with Gasteiger partial charge in [-0.25, -0.2) is 4.98 Å². The molecule has 2 N–H and O–H groups in total. The fourth-order valence-corrected chi connectivity index (χ4v) is 4.75. The second kappa shape index (κ2) is 9.64. The van der Waals surface area contributed by atoms with Crippen LogP contribution in [0.2, 0.25) is 5.02 Å². The number of amides is 1. The van der Waals surface area contributed by atoms with Crippen LogP contribution in [0.4, 0.5) is 0 Å². The van der Waals surface area contributed by atoms with Gasteiger partial charge in [0.15, 0.2) is 0 Å². The first-order valence-corrected chi connectivity index (χ1v) is 11.5. The van der Waals surface area contributed by atoms with Gasteiger partial charge in [0.05, 0.1) is 29.8 Å². The molecule has 1 unspecified atom stereocenters. The predicted octanol–water partition coefficient (Wildman–Crippen LogP) is 5.06. The van der Waals surface area contributed by atoms with E-state index in [0.29, 0.717) is 27.9 Å². The number of fused-ring (bicyclic) bond motifs is 1.